The second-order valence-corrected chi connectivity index (χ2v) is 6.64. The molecule has 0 spiro atoms. The summed E-state index contributed by atoms with van der Waals surface area (Å²) < 4.78 is 201. The fourth-order valence-corrected chi connectivity index (χ4v) is 3.23. The summed E-state index contributed by atoms with van der Waals surface area (Å²) in [7, 11) is 0. The van der Waals surface area contributed by atoms with Crippen molar-refractivity contribution in [1.82, 2.24) is 0 Å². The van der Waals surface area contributed by atoms with Crippen LogP contribution in [0.2, 0.25) is 0 Å². The van der Waals surface area contributed by atoms with Gasteiger partial charge in [0.25, 0.3) is 0 Å². The first-order chi connectivity index (χ1) is 13.5. The van der Waals surface area contributed by atoms with Crippen LogP contribution >= 0.6 is 0 Å². The molecule has 31 heavy (non-hydrogen) atoms. The van der Waals surface area contributed by atoms with Gasteiger partial charge in [-0.25, -0.2) is 0 Å². The predicted octanol–water partition coefficient (Wildman–Crippen LogP) is 7.19. The van der Waals surface area contributed by atoms with Crippen LogP contribution in [0, 0.1) is 5.92 Å². The first-order valence-corrected chi connectivity index (χ1v) is 7.86. The van der Waals surface area contributed by atoms with Gasteiger partial charge >= 0.3 is 30.9 Å². The van der Waals surface area contributed by atoms with Crippen LogP contribution < -0.4 is 5.73 Å². The van der Waals surface area contributed by atoms with E-state index >= 15 is 0 Å². The predicted molar refractivity (Wildman–Crippen MR) is 71.1 cm³/mol. The number of nitrogens with two attached hydrogens (primary N) is 1. The van der Waals surface area contributed by atoms with Crippen LogP contribution in [-0.4, -0.2) is 0 Å². The summed E-state index contributed by atoms with van der Waals surface area (Å²) in [5.74, 6) is -1.39. The highest BCUT2D eigenvalue weighted by Crippen LogP contribution is 2.58. The lowest BCUT2D eigenvalue weighted by atomic mass is 9.81. The first kappa shape index (κ1) is 25.4. The van der Waals surface area contributed by atoms with Gasteiger partial charge in [-0.1, -0.05) is 0 Å². The van der Waals surface area contributed by atoms with Crippen molar-refractivity contribution in [1.29, 1.82) is 0 Å². The molecule has 1 aliphatic carbocycles. The van der Waals surface area contributed by atoms with Crippen LogP contribution in [0.15, 0.2) is 0 Å². The van der Waals surface area contributed by atoms with Gasteiger partial charge in [-0.05, 0) is 24.3 Å². The zero-order valence-corrected chi connectivity index (χ0v) is 14.3. The van der Waals surface area contributed by atoms with Crippen molar-refractivity contribution < 1.29 is 65.9 Å². The summed E-state index contributed by atoms with van der Waals surface area (Å²) in [6, 6.07) is -2.68. The molecule has 178 valence electrons. The van der Waals surface area contributed by atoms with Gasteiger partial charge < -0.3 is 5.73 Å². The summed E-state index contributed by atoms with van der Waals surface area (Å²) in [5, 5.41) is 0. The molecule has 1 nitrogen and oxygen atoms in total. The van der Waals surface area contributed by atoms with E-state index < -0.39 is 76.2 Å². The van der Waals surface area contributed by atoms with Crippen molar-refractivity contribution >= 4 is 0 Å². The monoisotopic (exact) mass is 487 g/mol. The summed E-state index contributed by atoms with van der Waals surface area (Å²) >= 11 is 0. The third-order valence-electron chi connectivity index (χ3n) is 4.42. The Bertz CT molecular complexity index is 793. The fourth-order valence-electron chi connectivity index (χ4n) is 3.23. The van der Waals surface area contributed by atoms with Crippen LogP contribution in [-0.2, 0) is 30.9 Å². The molecule has 0 saturated heterocycles. The van der Waals surface area contributed by atoms with Gasteiger partial charge in [-0.2, -0.15) is 65.9 Å². The highest BCUT2D eigenvalue weighted by molar-refractivity contribution is 5.59. The Morgan fingerprint density at radius 2 is 0.710 bits per heavy atom. The molecule has 1 aliphatic rings. The maximum Gasteiger partial charge on any atom is 0.417 e. The Labute approximate surface area is 162 Å². The van der Waals surface area contributed by atoms with Gasteiger partial charge in [0.05, 0.1) is 27.8 Å². The smallest absolute Gasteiger partial charge is 0.324 e. The molecule has 2 N–H and O–H groups in total. The molecule has 0 aliphatic heterocycles. The molecule has 0 radical (unpaired) electrons. The average Bonchev–Trinajstić information content (AvgIpc) is 3.31. The Kier molecular flexibility index (Phi) is 5.79. The van der Waals surface area contributed by atoms with Crippen molar-refractivity contribution in [2.45, 2.75) is 49.8 Å². The topological polar surface area (TPSA) is 26.0 Å². The van der Waals surface area contributed by atoms with E-state index in [4.69, 9.17) is 5.73 Å². The molecule has 2 rings (SSSR count). The zero-order valence-electron chi connectivity index (χ0n) is 14.3. The molecule has 0 aromatic heterocycles. The standard InChI is InChI=1S/C15H8F15N/c16-11(17,18)5-4(10(31)3-1-2-3)6(12(19,20)21)8(14(25,26)27)9(15(28,29)30)7(5)13(22,23)24/h3,10H,1-2,31H2. The van der Waals surface area contributed by atoms with Crippen molar-refractivity contribution in [3.05, 3.63) is 33.4 Å². The van der Waals surface area contributed by atoms with Crippen LogP contribution in [0.5, 0.6) is 0 Å². The molecule has 16 heteroatoms. The van der Waals surface area contributed by atoms with Crippen LogP contribution in [0.25, 0.3) is 0 Å². The minimum Gasteiger partial charge on any atom is -0.324 e. The van der Waals surface area contributed by atoms with Gasteiger partial charge in [-0.15, -0.1) is 0 Å². The molecule has 1 unspecified atom stereocenters. The molecular formula is C15H8F15N. The van der Waals surface area contributed by atoms with Crippen molar-refractivity contribution in [3.8, 4) is 0 Å². The van der Waals surface area contributed by atoms with Gasteiger partial charge in [0.1, 0.15) is 0 Å². The van der Waals surface area contributed by atoms with Gasteiger partial charge in [-0.3, -0.25) is 0 Å². The second-order valence-electron chi connectivity index (χ2n) is 6.64. The van der Waals surface area contributed by atoms with Crippen LogP contribution in [0.4, 0.5) is 65.9 Å². The SMILES string of the molecule is NC(c1c(C(F)(F)F)c(C(F)(F)F)c(C(F)(F)F)c(C(F)(F)F)c1C(F)(F)F)C1CC1. The maximum atomic E-state index is 13.5. The Hall–Kier alpha value is -1.87. The van der Waals surface area contributed by atoms with E-state index in [2.05, 4.69) is 0 Å². The highest BCUT2D eigenvalue weighted by atomic mass is 19.4. The lowest BCUT2D eigenvalue weighted by molar-refractivity contribution is -0.189. The Balaban J connectivity index is 3.39. The molecule has 0 bridgehead atoms. The van der Waals surface area contributed by atoms with E-state index in [9.17, 15) is 65.9 Å². The number of halogens is 15. The molecule has 1 aromatic carbocycles. The lowest BCUT2D eigenvalue weighted by Crippen LogP contribution is -2.35. The van der Waals surface area contributed by atoms with Crippen molar-refractivity contribution in [2.75, 3.05) is 0 Å². The molecule has 1 saturated carbocycles. The minimum absolute atomic E-state index is 0.251. The number of hydrogen-bond donors (Lipinski definition) is 1. The molecule has 0 heterocycles. The third kappa shape index (κ3) is 4.82. The van der Waals surface area contributed by atoms with Crippen molar-refractivity contribution in [3.63, 3.8) is 0 Å². The number of hydrogen-bond acceptors (Lipinski definition) is 1. The maximum absolute atomic E-state index is 13.5. The number of benzene rings is 1. The summed E-state index contributed by atoms with van der Waals surface area (Å²) in [6.07, 6.45) is -34.0. The normalized spacial score (nSPS) is 17.8. The lowest BCUT2D eigenvalue weighted by Gasteiger charge is -2.32. The fraction of sp³-hybridized carbons (Fsp3) is 0.600. The average molecular weight is 487 g/mol. The number of alkyl halides is 15. The Morgan fingerprint density at radius 3 is 0.903 bits per heavy atom. The van der Waals surface area contributed by atoms with Crippen LogP contribution in [0.3, 0.4) is 0 Å². The van der Waals surface area contributed by atoms with Gasteiger partial charge in [0.2, 0.25) is 0 Å². The molecule has 1 fully saturated rings. The largest absolute Gasteiger partial charge is 0.417 e. The molecular weight excluding hydrogens is 479 g/mol. The van der Waals surface area contributed by atoms with Crippen LogP contribution in [0.1, 0.15) is 52.3 Å². The number of rotatable bonds is 2. The minimum atomic E-state index is -6.89. The van der Waals surface area contributed by atoms with E-state index in [0.717, 1.165) is 0 Å². The van der Waals surface area contributed by atoms with E-state index in [1.165, 1.54) is 0 Å². The second kappa shape index (κ2) is 7.07. The third-order valence-corrected chi connectivity index (χ3v) is 4.42. The van der Waals surface area contributed by atoms with Gasteiger partial charge in [0.15, 0.2) is 0 Å². The molecule has 1 aromatic rings. The first-order valence-electron chi connectivity index (χ1n) is 7.86. The van der Waals surface area contributed by atoms with Gasteiger partial charge in [0, 0.05) is 6.04 Å². The Morgan fingerprint density at radius 1 is 0.484 bits per heavy atom. The quantitative estimate of drug-likeness (QED) is 0.439. The molecule has 0 amide bonds. The summed E-state index contributed by atoms with van der Waals surface area (Å²) in [4.78, 5) is 0. The summed E-state index contributed by atoms with van der Waals surface area (Å²) in [6.45, 7) is 0. The van der Waals surface area contributed by atoms with Crippen molar-refractivity contribution in [2.24, 2.45) is 11.7 Å². The molecule has 1 atom stereocenters. The van der Waals surface area contributed by atoms with E-state index in [0.29, 0.717) is 0 Å². The zero-order chi connectivity index (χ0) is 24.5. The van der Waals surface area contributed by atoms with E-state index in [1.54, 1.807) is 0 Å². The van der Waals surface area contributed by atoms with E-state index in [1.807, 2.05) is 0 Å². The van der Waals surface area contributed by atoms with E-state index in [-0.39, 0.29) is 12.8 Å². The highest BCUT2D eigenvalue weighted by Gasteiger charge is 2.61. The summed E-state index contributed by atoms with van der Waals surface area (Å²) in [5.41, 5.74) is -16.6.